The van der Waals surface area contributed by atoms with Crippen LogP contribution in [0.4, 0.5) is 0 Å². The zero-order valence-electron chi connectivity index (χ0n) is 30.8. The van der Waals surface area contributed by atoms with E-state index in [2.05, 4.69) is 215 Å². The molecule has 9 aromatic carbocycles. The SMILES string of the molecule is Cc1ccccc1-n1ccc2ccc3c(ccc4c3c3c5ccccc5ccc3n4-c3cccc(-c4ccc5c(c4)c4ccccc4n5-c4ccccc4)c3)c21. The van der Waals surface area contributed by atoms with Gasteiger partial charge < -0.3 is 13.7 Å². The molecule has 0 unspecified atom stereocenters. The predicted molar refractivity (Wildman–Crippen MR) is 237 cm³/mol. The number of aryl methyl sites for hydroxylation is 1. The van der Waals surface area contributed by atoms with Gasteiger partial charge in [0.2, 0.25) is 0 Å². The number of hydrogen-bond donors (Lipinski definition) is 0. The maximum absolute atomic E-state index is 2.48. The van der Waals surface area contributed by atoms with Crippen molar-refractivity contribution in [3.05, 3.63) is 200 Å². The van der Waals surface area contributed by atoms with Gasteiger partial charge in [-0.1, -0.05) is 121 Å². The first-order valence-corrected chi connectivity index (χ1v) is 19.4. The van der Waals surface area contributed by atoms with Crippen molar-refractivity contribution in [3.63, 3.8) is 0 Å². The number of fused-ring (bicyclic) bond motifs is 12. The van der Waals surface area contributed by atoms with Crippen molar-refractivity contribution in [2.45, 2.75) is 6.92 Å². The van der Waals surface area contributed by atoms with Crippen molar-refractivity contribution in [2.24, 2.45) is 0 Å². The molecule has 0 aliphatic carbocycles. The summed E-state index contributed by atoms with van der Waals surface area (Å²) in [7, 11) is 0. The number of aromatic nitrogens is 3. The molecule has 0 radical (unpaired) electrons. The third kappa shape index (κ3) is 4.40. The first kappa shape index (κ1) is 31.0. The Balaban J connectivity index is 1.11. The van der Waals surface area contributed by atoms with Gasteiger partial charge in [0.05, 0.1) is 27.6 Å². The van der Waals surface area contributed by atoms with Gasteiger partial charge in [0, 0.05) is 55.6 Å². The average Bonchev–Trinajstić information content (AvgIpc) is 3.94. The van der Waals surface area contributed by atoms with Gasteiger partial charge in [0.1, 0.15) is 0 Å². The highest BCUT2D eigenvalue weighted by Crippen LogP contribution is 2.43. The molecular weight excluding hydrogens is 679 g/mol. The molecule has 0 amide bonds. The van der Waals surface area contributed by atoms with Gasteiger partial charge in [0.15, 0.2) is 0 Å². The number of benzene rings is 9. The van der Waals surface area contributed by atoms with E-state index in [1.165, 1.54) is 104 Å². The minimum atomic E-state index is 1.15. The molecule has 0 aliphatic heterocycles. The lowest BCUT2D eigenvalue weighted by atomic mass is 9.98. The van der Waals surface area contributed by atoms with Crippen LogP contribution in [0.5, 0.6) is 0 Å². The topological polar surface area (TPSA) is 14.8 Å². The van der Waals surface area contributed by atoms with Gasteiger partial charge in [-0.05, 0) is 107 Å². The van der Waals surface area contributed by atoms with E-state index in [0.717, 1.165) is 5.69 Å². The number of hydrogen-bond acceptors (Lipinski definition) is 0. The number of nitrogens with zero attached hydrogens (tertiary/aromatic N) is 3. The molecule has 3 heterocycles. The van der Waals surface area contributed by atoms with Gasteiger partial charge in [-0.15, -0.1) is 0 Å². The smallest absolute Gasteiger partial charge is 0.0607 e. The van der Waals surface area contributed by atoms with Crippen LogP contribution < -0.4 is 0 Å². The van der Waals surface area contributed by atoms with Crippen LogP contribution in [0.2, 0.25) is 0 Å². The third-order valence-corrected chi connectivity index (χ3v) is 12.0. The zero-order chi connectivity index (χ0) is 36.9. The minimum absolute atomic E-state index is 1.15. The normalized spacial score (nSPS) is 12.0. The summed E-state index contributed by atoms with van der Waals surface area (Å²) in [5.41, 5.74) is 13.3. The Kier molecular flexibility index (Phi) is 6.55. The van der Waals surface area contributed by atoms with E-state index in [-0.39, 0.29) is 0 Å². The van der Waals surface area contributed by atoms with E-state index in [0.29, 0.717) is 0 Å². The van der Waals surface area contributed by atoms with Crippen LogP contribution in [-0.2, 0) is 0 Å². The lowest BCUT2D eigenvalue weighted by Crippen LogP contribution is -1.96. The molecule has 0 fully saturated rings. The molecule has 56 heavy (non-hydrogen) atoms. The molecule has 0 N–H and O–H groups in total. The van der Waals surface area contributed by atoms with Gasteiger partial charge >= 0.3 is 0 Å². The van der Waals surface area contributed by atoms with Gasteiger partial charge in [-0.25, -0.2) is 0 Å². The first-order chi connectivity index (χ1) is 27.7. The molecule has 3 aromatic heterocycles. The quantitative estimate of drug-likeness (QED) is 0.172. The van der Waals surface area contributed by atoms with E-state index < -0.39 is 0 Å². The Labute approximate surface area is 323 Å². The summed E-state index contributed by atoms with van der Waals surface area (Å²) in [4.78, 5) is 0. The van der Waals surface area contributed by atoms with Crippen LogP contribution in [-0.4, -0.2) is 13.7 Å². The van der Waals surface area contributed by atoms with E-state index in [4.69, 9.17) is 0 Å². The van der Waals surface area contributed by atoms with Crippen LogP contribution in [0.25, 0.3) is 104 Å². The molecule has 0 saturated heterocycles. The standard InChI is InChI=1S/C53H35N3/c1-34-12-5-9-20-46(34)54-31-30-36-22-25-43-44(53(36)54)26-29-50-52(43)51-41-18-7-6-13-35(41)23-28-49(51)56(50)40-17-11-14-37(32-40)38-24-27-48-45(33-38)42-19-8-10-21-47(42)55(48)39-15-3-2-4-16-39/h2-33H,1H3. The van der Waals surface area contributed by atoms with Gasteiger partial charge in [-0.2, -0.15) is 0 Å². The largest absolute Gasteiger partial charge is 0.316 e. The molecular formula is C53H35N3. The van der Waals surface area contributed by atoms with Crippen molar-refractivity contribution in [3.8, 4) is 28.2 Å². The second-order valence-corrected chi connectivity index (χ2v) is 15.0. The fourth-order valence-corrected chi connectivity index (χ4v) is 9.46. The molecule has 12 rings (SSSR count). The number of para-hydroxylation sites is 3. The van der Waals surface area contributed by atoms with Crippen LogP contribution >= 0.6 is 0 Å². The van der Waals surface area contributed by atoms with Gasteiger partial charge in [-0.3, -0.25) is 0 Å². The monoisotopic (exact) mass is 713 g/mol. The molecule has 0 atom stereocenters. The van der Waals surface area contributed by atoms with Gasteiger partial charge in [0.25, 0.3) is 0 Å². The molecule has 3 heteroatoms. The highest BCUT2D eigenvalue weighted by atomic mass is 15.0. The summed E-state index contributed by atoms with van der Waals surface area (Å²) in [5, 5.41) is 11.4. The van der Waals surface area contributed by atoms with Crippen LogP contribution in [0, 0.1) is 6.92 Å². The molecule has 0 aliphatic rings. The Hall–Kier alpha value is -7.36. The summed E-state index contributed by atoms with van der Waals surface area (Å²) < 4.78 is 7.22. The van der Waals surface area contributed by atoms with Crippen molar-refractivity contribution in [1.29, 1.82) is 0 Å². The van der Waals surface area contributed by atoms with Crippen LogP contribution in [0.3, 0.4) is 0 Å². The Morgan fingerprint density at radius 2 is 1.00 bits per heavy atom. The number of rotatable bonds is 4. The summed E-state index contributed by atoms with van der Waals surface area (Å²) in [6, 6.07) is 69.1. The fraction of sp³-hybridized carbons (Fsp3) is 0.0189. The Morgan fingerprint density at radius 1 is 0.357 bits per heavy atom. The third-order valence-electron chi connectivity index (χ3n) is 12.0. The molecule has 3 nitrogen and oxygen atoms in total. The van der Waals surface area contributed by atoms with Crippen molar-refractivity contribution >= 4 is 76.1 Å². The molecule has 0 saturated carbocycles. The van der Waals surface area contributed by atoms with E-state index in [1.807, 2.05) is 0 Å². The molecule has 0 bridgehead atoms. The lowest BCUT2D eigenvalue weighted by Gasteiger charge is -2.13. The highest BCUT2D eigenvalue weighted by molar-refractivity contribution is 6.30. The minimum Gasteiger partial charge on any atom is -0.316 e. The van der Waals surface area contributed by atoms with Crippen LogP contribution in [0.15, 0.2) is 194 Å². The van der Waals surface area contributed by atoms with E-state index in [1.54, 1.807) is 0 Å². The first-order valence-electron chi connectivity index (χ1n) is 19.4. The molecule has 12 aromatic rings. The average molecular weight is 714 g/mol. The van der Waals surface area contributed by atoms with Crippen molar-refractivity contribution in [1.82, 2.24) is 13.7 Å². The fourth-order valence-electron chi connectivity index (χ4n) is 9.46. The second kappa shape index (κ2) is 11.8. The van der Waals surface area contributed by atoms with E-state index in [9.17, 15) is 0 Å². The van der Waals surface area contributed by atoms with E-state index >= 15 is 0 Å². The van der Waals surface area contributed by atoms with Crippen molar-refractivity contribution in [2.75, 3.05) is 0 Å². The summed E-state index contributed by atoms with van der Waals surface area (Å²) >= 11 is 0. The summed E-state index contributed by atoms with van der Waals surface area (Å²) in [5.74, 6) is 0. The highest BCUT2D eigenvalue weighted by Gasteiger charge is 2.20. The maximum atomic E-state index is 2.48. The summed E-state index contributed by atoms with van der Waals surface area (Å²) in [6.45, 7) is 2.19. The zero-order valence-corrected chi connectivity index (χ0v) is 30.8. The Morgan fingerprint density at radius 3 is 1.89 bits per heavy atom. The van der Waals surface area contributed by atoms with Crippen molar-refractivity contribution < 1.29 is 0 Å². The molecule has 0 spiro atoms. The molecule has 262 valence electrons. The van der Waals surface area contributed by atoms with Crippen LogP contribution in [0.1, 0.15) is 5.56 Å². The summed E-state index contributed by atoms with van der Waals surface area (Å²) in [6.07, 6.45) is 2.22. The second-order valence-electron chi connectivity index (χ2n) is 15.0. The maximum Gasteiger partial charge on any atom is 0.0607 e. The Bertz CT molecular complexity index is 3540. The lowest BCUT2D eigenvalue weighted by molar-refractivity contribution is 1.11. The predicted octanol–water partition coefficient (Wildman–Crippen LogP) is 14.1.